The van der Waals surface area contributed by atoms with Gasteiger partial charge in [-0.15, -0.1) is 0 Å². The Labute approximate surface area is 168 Å². The summed E-state index contributed by atoms with van der Waals surface area (Å²) in [7, 11) is 0. The molecule has 4 aromatic rings. The van der Waals surface area contributed by atoms with E-state index >= 15 is 0 Å². The predicted molar refractivity (Wildman–Crippen MR) is 113 cm³/mol. The van der Waals surface area contributed by atoms with Crippen LogP contribution in [0.15, 0.2) is 48.7 Å². The van der Waals surface area contributed by atoms with Crippen molar-refractivity contribution in [2.24, 2.45) is 0 Å². The first-order valence-corrected chi connectivity index (χ1v) is 9.92. The summed E-state index contributed by atoms with van der Waals surface area (Å²) in [6.07, 6.45) is 1.96. The maximum atomic E-state index is 12.9. The van der Waals surface area contributed by atoms with Crippen LogP contribution in [0.4, 0.5) is 0 Å². The highest BCUT2D eigenvalue weighted by atomic mass is 16.3. The van der Waals surface area contributed by atoms with Crippen LogP contribution in [0.3, 0.4) is 0 Å². The lowest BCUT2D eigenvalue weighted by Gasteiger charge is -2.34. The average molecular weight is 389 g/mol. The molecule has 0 spiro atoms. The number of aliphatic hydroxyl groups is 1. The summed E-state index contributed by atoms with van der Waals surface area (Å²) in [4.78, 5) is 28.4. The molecule has 1 fully saturated rings. The summed E-state index contributed by atoms with van der Waals surface area (Å²) >= 11 is 0. The normalized spacial score (nSPS) is 15.4. The Hall–Kier alpha value is -3.16. The molecule has 7 nitrogen and oxygen atoms in total. The number of piperazine rings is 1. The number of para-hydroxylation sites is 1. The summed E-state index contributed by atoms with van der Waals surface area (Å²) < 4.78 is 0. The Morgan fingerprint density at radius 2 is 1.90 bits per heavy atom. The number of carbonyl (C=O) groups excluding carboxylic acids is 1. The van der Waals surface area contributed by atoms with Crippen LogP contribution in [0.2, 0.25) is 0 Å². The van der Waals surface area contributed by atoms with E-state index in [9.17, 15) is 4.79 Å². The van der Waals surface area contributed by atoms with Crippen molar-refractivity contribution in [1.29, 1.82) is 0 Å². The molecule has 0 aliphatic carbocycles. The first kappa shape index (κ1) is 17.9. The van der Waals surface area contributed by atoms with Gasteiger partial charge in [0.25, 0.3) is 5.91 Å². The highest BCUT2D eigenvalue weighted by Crippen LogP contribution is 2.28. The Morgan fingerprint density at radius 1 is 1.07 bits per heavy atom. The van der Waals surface area contributed by atoms with E-state index in [1.807, 2.05) is 47.5 Å². The molecule has 148 valence electrons. The maximum Gasteiger partial charge on any atom is 0.254 e. The number of carbonyl (C=O) groups is 1. The highest BCUT2D eigenvalue weighted by molar-refractivity contribution is 5.99. The SMILES string of the molecule is O=C(c1ccc2nc(-c3c[nH]c4ccccc34)[nH]c2c1)N1CCN(CCO)CC1. The Balaban J connectivity index is 1.40. The van der Waals surface area contributed by atoms with Crippen molar-refractivity contribution >= 4 is 27.8 Å². The van der Waals surface area contributed by atoms with Crippen molar-refractivity contribution < 1.29 is 9.90 Å². The van der Waals surface area contributed by atoms with Crippen molar-refractivity contribution in [2.45, 2.75) is 0 Å². The fourth-order valence-electron chi connectivity index (χ4n) is 4.04. The number of nitrogens with one attached hydrogen (secondary N) is 2. The van der Waals surface area contributed by atoms with Crippen LogP contribution >= 0.6 is 0 Å². The van der Waals surface area contributed by atoms with Gasteiger partial charge in [-0.05, 0) is 24.3 Å². The summed E-state index contributed by atoms with van der Waals surface area (Å²) in [5.41, 5.74) is 4.45. The van der Waals surface area contributed by atoms with Crippen molar-refractivity contribution in [2.75, 3.05) is 39.3 Å². The standard InChI is InChI=1S/C22H23N5O2/c28-12-11-26-7-9-27(10-8-26)22(29)15-5-6-19-20(13-15)25-21(24-19)17-14-23-18-4-2-1-3-16(17)18/h1-6,13-14,23,28H,7-12H2,(H,24,25). The third kappa shape index (κ3) is 3.28. The molecule has 7 heteroatoms. The second-order valence-corrected chi connectivity index (χ2v) is 7.42. The number of imidazole rings is 1. The number of benzene rings is 2. The molecule has 0 bridgehead atoms. The Bertz CT molecular complexity index is 1170. The van der Waals surface area contributed by atoms with E-state index in [1.165, 1.54) is 0 Å². The molecule has 0 saturated carbocycles. The number of aromatic amines is 2. The minimum absolute atomic E-state index is 0.0405. The van der Waals surface area contributed by atoms with Gasteiger partial charge in [0.15, 0.2) is 0 Å². The van der Waals surface area contributed by atoms with E-state index in [2.05, 4.69) is 20.9 Å². The molecule has 0 radical (unpaired) electrons. The van der Waals surface area contributed by atoms with Crippen LogP contribution in [0.1, 0.15) is 10.4 Å². The van der Waals surface area contributed by atoms with Crippen molar-refractivity contribution in [3.8, 4) is 11.4 Å². The van der Waals surface area contributed by atoms with Crippen molar-refractivity contribution in [1.82, 2.24) is 24.8 Å². The van der Waals surface area contributed by atoms with Gasteiger partial charge in [0.2, 0.25) is 0 Å². The second kappa shape index (κ2) is 7.35. The first-order chi connectivity index (χ1) is 14.2. The molecule has 2 aromatic carbocycles. The van der Waals surface area contributed by atoms with Gasteiger partial charge in [-0.2, -0.15) is 0 Å². The number of rotatable bonds is 4. The lowest BCUT2D eigenvalue weighted by molar-refractivity contribution is 0.0615. The smallest absolute Gasteiger partial charge is 0.254 e. The number of hydrogen-bond acceptors (Lipinski definition) is 4. The molecule has 3 heterocycles. The second-order valence-electron chi connectivity index (χ2n) is 7.42. The summed E-state index contributed by atoms with van der Waals surface area (Å²) in [6, 6.07) is 13.8. The van der Waals surface area contributed by atoms with Gasteiger partial charge in [-0.25, -0.2) is 4.98 Å². The number of hydrogen-bond donors (Lipinski definition) is 3. The Kier molecular flexibility index (Phi) is 4.54. The zero-order chi connectivity index (χ0) is 19.8. The molecular weight excluding hydrogens is 366 g/mol. The number of aromatic nitrogens is 3. The van der Waals surface area contributed by atoms with Gasteiger partial charge in [0, 0.05) is 61.0 Å². The fourth-order valence-corrected chi connectivity index (χ4v) is 4.04. The number of amides is 1. The van der Waals surface area contributed by atoms with Gasteiger partial charge in [-0.3, -0.25) is 9.69 Å². The molecule has 5 rings (SSSR count). The highest BCUT2D eigenvalue weighted by Gasteiger charge is 2.22. The summed E-state index contributed by atoms with van der Waals surface area (Å²) in [5, 5.41) is 10.2. The van der Waals surface area contributed by atoms with E-state index in [0.29, 0.717) is 25.2 Å². The van der Waals surface area contributed by atoms with Crippen LogP contribution in [0.25, 0.3) is 33.3 Å². The van der Waals surface area contributed by atoms with Crippen LogP contribution < -0.4 is 0 Å². The fraction of sp³-hybridized carbons (Fsp3) is 0.273. The minimum atomic E-state index is 0.0405. The molecule has 0 atom stereocenters. The van der Waals surface area contributed by atoms with E-state index in [0.717, 1.165) is 46.4 Å². The van der Waals surface area contributed by atoms with Crippen LogP contribution in [-0.2, 0) is 0 Å². The molecule has 1 aliphatic heterocycles. The van der Waals surface area contributed by atoms with E-state index in [4.69, 9.17) is 10.1 Å². The average Bonchev–Trinajstić information content (AvgIpc) is 3.37. The van der Waals surface area contributed by atoms with E-state index in [-0.39, 0.29) is 12.5 Å². The minimum Gasteiger partial charge on any atom is -0.395 e. The molecule has 1 amide bonds. The largest absolute Gasteiger partial charge is 0.395 e. The quantitative estimate of drug-likeness (QED) is 0.500. The number of aliphatic hydroxyl groups excluding tert-OH is 1. The molecular formula is C22H23N5O2. The first-order valence-electron chi connectivity index (χ1n) is 9.92. The van der Waals surface area contributed by atoms with E-state index in [1.54, 1.807) is 0 Å². The molecule has 0 unspecified atom stereocenters. The summed E-state index contributed by atoms with van der Waals surface area (Å²) in [5.74, 6) is 0.832. The summed E-state index contributed by atoms with van der Waals surface area (Å²) in [6.45, 7) is 3.77. The van der Waals surface area contributed by atoms with Gasteiger partial charge in [0.05, 0.1) is 17.6 Å². The monoisotopic (exact) mass is 389 g/mol. The third-order valence-corrected chi connectivity index (χ3v) is 5.65. The zero-order valence-electron chi connectivity index (χ0n) is 16.1. The predicted octanol–water partition coefficient (Wildman–Crippen LogP) is 2.46. The van der Waals surface area contributed by atoms with Crippen molar-refractivity contribution in [3.05, 3.63) is 54.2 Å². The van der Waals surface area contributed by atoms with Gasteiger partial charge >= 0.3 is 0 Å². The maximum absolute atomic E-state index is 12.9. The van der Waals surface area contributed by atoms with Crippen molar-refractivity contribution in [3.63, 3.8) is 0 Å². The molecule has 1 aliphatic rings. The van der Waals surface area contributed by atoms with E-state index < -0.39 is 0 Å². The van der Waals surface area contributed by atoms with Gasteiger partial charge in [-0.1, -0.05) is 18.2 Å². The number of H-pyrrole nitrogens is 2. The van der Waals surface area contributed by atoms with Crippen LogP contribution in [0, 0.1) is 0 Å². The molecule has 2 aromatic heterocycles. The van der Waals surface area contributed by atoms with Crippen LogP contribution in [0.5, 0.6) is 0 Å². The molecule has 3 N–H and O–H groups in total. The number of fused-ring (bicyclic) bond motifs is 2. The lowest BCUT2D eigenvalue weighted by Crippen LogP contribution is -2.49. The van der Waals surface area contributed by atoms with Gasteiger partial charge < -0.3 is 20.0 Å². The lowest BCUT2D eigenvalue weighted by atomic mass is 10.1. The topological polar surface area (TPSA) is 88.2 Å². The molecule has 1 saturated heterocycles. The Morgan fingerprint density at radius 3 is 2.72 bits per heavy atom. The number of nitrogens with zero attached hydrogens (tertiary/aromatic N) is 3. The number of β-amino-alcohol motifs (C(OH)–C–C–N with tert-alkyl or cyclic N) is 1. The molecule has 29 heavy (non-hydrogen) atoms. The third-order valence-electron chi connectivity index (χ3n) is 5.65. The van der Waals surface area contributed by atoms with Crippen LogP contribution in [-0.4, -0.2) is 75.1 Å². The van der Waals surface area contributed by atoms with Gasteiger partial charge in [0.1, 0.15) is 5.82 Å². The zero-order valence-corrected chi connectivity index (χ0v) is 16.1.